The van der Waals surface area contributed by atoms with Gasteiger partial charge in [-0.2, -0.15) is 0 Å². The normalized spacial score (nSPS) is 27.5. The van der Waals surface area contributed by atoms with Gasteiger partial charge in [-0.05, 0) is 31.0 Å². The molecule has 2 aliphatic rings. The lowest BCUT2D eigenvalue weighted by atomic mass is 9.94. The summed E-state index contributed by atoms with van der Waals surface area (Å²) in [5.74, 6) is 2.38. The second-order valence-corrected chi connectivity index (χ2v) is 6.73. The van der Waals surface area contributed by atoms with Crippen LogP contribution in [0.3, 0.4) is 0 Å². The minimum Gasteiger partial charge on any atom is -0.409 e. The van der Waals surface area contributed by atoms with Gasteiger partial charge >= 0.3 is 0 Å². The van der Waals surface area contributed by atoms with Crippen molar-refractivity contribution in [3.63, 3.8) is 0 Å². The first-order valence-corrected chi connectivity index (χ1v) is 8.18. The zero-order chi connectivity index (χ0) is 13.9. The number of thioether (sulfide) groups is 1. The molecule has 1 aromatic rings. The molecule has 5 heteroatoms. The van der Waals surface area contributed by atoms with Gasteiger partial charge in [-0.15, -0.1) is 11.8 Å². The van der Waals surface area contributed by atoms with E-state index in [-0.39, 0.29) is 5.92 Å². The molecule has 0 saturated carbocycles. The fourth-order valence-electron chi connectivity index (χ4n) is 3.24. The van der Waals surface area contributed by atoms with Crippen molar-refractivity contribution < 1.29 is 5.21 Å². The second-order valence-electron chi connectivity index (χ2n) is 5.67. The summed E-state index contributed by atoms with van der Waals surface area (Å²) in [5, 5.41) is 12.0. The van der Waals surface area contributed by atoms with Crippen LogP contribution < -0.4 is 5.73 Å². The molecule has 20 heavy (non-hydrogen) atoms. The molecule has 1 saturated heterocycles. The Morgan fingerprint density at radius 2 is 2.30 bits per heavy atom. The van der Waals surface area contributed by atoms with Crippen LogP contribution in [0.2, 0.25) is 0 Å². The average molecular weight is 291 g/mol. The van der Waals surface area contributed by atoms with Crippen molar-refractivity contribution in [2.75, 3.05) is 25.4 Å². The zero-order valence-corrected chi connectivity index (χ0v) is 12.4. The highest BCUT2D eigenvalue weighted by molar-refractivity contribution is 7.99. The summed E-state index contributed by atoms with van der Waals surface area (Å²) in [6.45, 7) is 3.12. The van der Waals surface area contributed by atoms with Gasteiger partial charge in [0.05, 0.1) is 0 Å². The number of amidine groups is 1. The summed E-state index contributed by atoms with van der Waals surface area (Å²) in [6.07, 6.45) is 2.16. The van der Waals surface area contributed by atoms with Crippen molar-refractivity contribution >= 4 is 17.6 Å². The Bertz CT molecular complexity index is 506. The van der Waals surface area contributed by atoms with Crippen molar-refractivity contribution in [2.45, 2.75) is 23.7 Å². The van der Waals surface area contributed by atoms with Crippen LogP contribution in [0.15, 0.2) is 34.3 Å². The van der Waals surface area contributed by atoms with Gasteiger partial charge in [0.1, 0.15) is 5.84 Å². The maximum atomic E-state index is 8.83. The highest BCUT2D eigenvalue weighted by Crippen LogP contribution is 2.39. The first kappa shape index (κ1) is 13.8. The number of likely N-dealkylation sites (tertiary alicyclic amines) is 1. The summed E-state index contributed by atoms with van der Waals surface area (Å²) in [4.78, 5) is 3.90. The van der Waals surface area contributed by atoms with Crippen LogP contribution in [-0.2, 0) is 0 Å². The van der Waals surface area contributed by atoms with Gasteiger partial charge in [0.15, 0.2) is 0 Å². The minimum absolute atomic E-state index is 0.207. The molecule has 0 radical (unpaired) electrons. The molecule has 0 aromatic heterocycles. The Hall–Kier alpha value is -1.20. The quantitative estimate of drug-likeness (QED) is 0.388. The molecule has 2 aliphatic heterocycles. The van der Waals surface area contributed by atoms with E-state index in [1.807, 2.05) is 11.8 Å². The molecular weight excluding hydrogens is 270 g/mol. The van der Waals surface area contributed by atoms with Crippen molar-refractivity contribution in [2.24, 2.45) is 16.8 Å². The first-order valence-electron chi connectivity index (χ1n) is 7.19. The van der Waals surface area contributed by atoms with Crippen LogP contribution in [0, 0.1) is 5.92 Å². The molecule has 2 heterocycles. The molecule has 0 bridgehead atoms. The smallest absolute Gasteiger partial charge is 0.143 e. The van der Waals surface area contributed by atoms with Gasteiger partial charge in [0.2, 0.25) is 0 Å². The summed E-state index contributed by atoms with van der Waals surface area (Å²) < 4.78 is 0. The maximum Gasteiger partial charge on any atom is 0.143 e. The van der Waals surface area contributed by atoms with Crippen molar-refractivity contribution in [1.82, 2.24) is 4.90 Å². The first-order chi connectivity index (χ1) is 9.78. The lowest BCUT2D eigenvalue weighted by molar-refractivity contribution is 0.193. The van der Waals surface area contributed by atoms with Crippen LogP contribution in [0.5, 0.6) is 0 Å². The highest BCUT2D eigenvalue weighted by atomic mass is 32.2. The standard InChI is InChI=1S/C15H21N3OS/c16-15(17-19)11-4-3-7-18(8-11)9-12-10-20-14-6-2-1-5-13(12)14/h1-2,5-6,11-12,19H,3-4,7-10H2,(H2,16,17). The number of hydrogen-bond acceptors (Lipinski definition) is 4. The minimum atomic E-state index is 0.207. The Morgan fingerprint density at radius 3 is 3.15 bits per heavy atom. The monoisotopic (exact) mass is 291 g/mol. The van der Waals surface area contributed by atoms with Crippen molar-refractivity contribution in [1.29, 1.82) is 0 Å². The van der Waals surface area contributed by atoms with Gasteiger partial charge < -0.3 is 15.8 Å². The van der Waals surface area contributed by atoms with E-state index in [0.717, 1.165) is 32.5 Å². The van der Waals surface area contributed by atoms with Gasteiger partial charge in [-0.1, -0.05) is 23.4 Å². The van der Waals surface area contributed by atoms with Crippen LogP contribution in [0.1, 0.15) is 24.3 Å². The van der Waals surface area contributed by atoms with Crippen LogP contribution in [-0.4, -0.2) is 41.3 Å². The zero-order valence-electron chi connectivity index (χ0n) is 11.5. The van der Waals surface area contributed by atoms with Crippen LogP contribution >= 0.6 is 11.8 Å². The predicted molar refractivity (Wildman–Crippen MR) is 82.5 cm³/mol. The Balaban J connectivity index is 1.64. The van der Waals surface area contributed by atoms with Gasteiger partial charge in [0, 0.05) is 35.6 Å². The molecule has 2 atom stereocenters. The molecule has 3 N–H and O–H groups in total. The van der Waals surface area contributed by atoms with Crippen LogP contribution in [0.4, 0.5) is 0 Å². The third-order valence-corrected chi connectivity index (χ3v) is 5.57. The van der Waals surface area contributed by atoms with Gasteiger partial charge in [-0.25, -0.2) is 0 Å². The summed E-state index contributed by atoms with van der Waals surface area (Å²) >= 11 is 1.96. The number of benzene rings is 1. The fraction of sp³-hybridized carbons (Fsp3) is 0.533. The Morgan fingerprint density at radius 1 is 1.45 bits per heavy atom. The van der Waals surface area contributed by atoms with E-state index < -0.39 is 0 Å². The predicted octanol–water partition coefficient (Wildman–Crippen LogP) is 2.33. The van der Waals surface area contributed by atoms with E-state index in [1.54, 1.807) is 0 Å². The molecule has 1 aromatic carbocycles. The number of nitrogens with two attached hydrogens (primary N) is 1. The third-order valence-electron chi connectivity index (χ3n) is 4.32. The number of oxime groups is 1. The molecular formula is C15H21N3OS. The van der Waals surface area contributed by atoms with E-state index in [1.165, 1.54) is 16.2 Å². The van der Waals surface area contributed by atoms with Crippen molar-refractivity contribution in [3.8, 4) is 0 Å². The Kier molecular flexibility index (Phi) is 4.17. The molecule has 4 nitrogen and oxygen atoms in total. The number of fused-ring (bicyclic) bond motifs is 1. The van der Waals surface area contributed by atoms with E-state index in [2.05, 4.69) is 34.3 Å². The van der Waals surface area contributed by atoms with E-state index in [4.69, 9.17) is 10.9 Å². The molecule has 0 aliphatic carbocycles. The molecule has 1 fully saturated rings. The lowest BCUT2D eigenvalue weighted by Crippen LogP contribution is -2.42. The molecule has 0 spiro atoms. The van der Waals surface area contributed by atoms with Crippen LogP contribution in [0.25, 0.3) is 0 Å². The van der Waals surface area contributed by atoms with E-state index in [9.17, 15) is 0 Å². The lowest BCUT2D eigenvalue weighted by Gasteiger charge is -2.33. The number of nitrogens with zero attached hydrogens (tertiary/aromatic N) is 2. The largest absolute Gasteiger partial charge is 0.409 e. The highest BCUT2D eigenvalue weighted by Gasteiger charge is 2.28. The number of piperidine rings is 1. The second kappa shape index (κ2) is 6.06. The summed E-state index contributed by atoms with van der Waals surface area (Å²) in [6, 6.07) is 8.72. The third kappa shape index (κ3) is 2.79. The average Bonchev–Trinajstić information content (AvgIpc) is 2.90. The number of rotatable bonds is 3. The fourth-order valence-corrected chi connectivity index (χ4v) is 4.48. The van der Waals surface area contributed by atoms with Crippen molar-refractivity contribution in [3.05, 3.63) is 29.8 Å². The van der Waals surface area contributed by atoms with Gasteiger partial charge in [-0.3, -0.25) is 0 Å². The molecule has 3 rings (SSSR count). The number of hydrogen-bond donors (Lipinski definition) is 2. The molecule has 2 unspecified atom stereocenters. The molecule has 108 valence electrons. The summed E-state index contributed by atoms with van der Waals surface area (Å²) in [5.41, 5.74) is 7.25. The SMILES string of the molecule is NC(=NO)C1CCCN(CC2CSc3ccccc32)C1. The molecule has 0 amide bonds. The van der Waals surface area contributed by atoms with E-state index >= 15 is 0 Å². The topological polar surface area (TPSA) is 61.9 Å². The van der Waals surface area contributed by atoms with Gasteiger partial charge in [0.25, 0.3) is 0 Å². The maximum absolute atomic E-state index is 8.83. The van der Waals surface area contributed by atoms with E-state index in [0.29, 0.717) is 11.8 Å². The summed E-state index contributed by atoms with van der Waals surface area (Å²) in [7, 11) is 0. The Labute approximate surface area is 124 Å².